The van der Waals surface area contributed by atoms with Crippen molar-refractivity contribution in [3.05, 3.63) is 4.91 Å². The second-order valence-corrected chi connectivity index (χ2v) is 1.17. The molecule has 6 nitrogen and oxygen atoms in total. The lowest BCUT2D eigenvalue weighted by molar-refractivity contribution is -0.519. The highest BCUT2D eigenvalue weighted by molar-refractivity contribution is 6.32. The van der Waals surface area contributed by atoms with E-state index in [1.165, 1.54) is 0 Å². The molecule has 0 spiro atoms. The van der Waals surface area contributed by atoms with Crippen LogP contribution in [0.1, 0.15) is 0 Å². The molecule has 6 heteroatoms. The monoisotopic (exact) mass is 116 g/mol. The standard InChI is InChI=1S/C2HN3O3/c6-1-2(7)5(8)4-3-1/h(H-,3,4,6,7,8)/p+1. The van der Waals surface area contributed by atoms with Crippen molar-refractivity contribution in [2.75, 3.05) is 0 Å². The van der Waals surface area contributed by atoms with Crippen molar-refractivity contribution in [3.8, 4) is 0 Å². The van der Waals surface area contributed by atoms with E-state index >= 15 is 0 Å². The van der Waals surface area contributed by atoms with E-state index in [1.54, 1.807) is 11.0 Å². The third-order valence-electron chi connectivity index (χ3n) is 0.650. The smallest absolute Gasteiger partial charge is 0.256 e. The van der Waals surface area contributed by atoms with Gasteiger partial charge in [0.2, 0.25) is 4.87 Å². The zero-order valence-corrected chi connectivity index (χ0v) is 3.67. The van der Waals surface area contributed by atoms with E-state index in [4.69, 9.17) is 0 Å². The number of nitroso groups, excluding NO2 is 1. The Labute approximate surface area is 43.4 Å². The fourth-order valence-corrected chi connectivity index (χ4v) is 0.298. The van der Waals surface area contributed by atoms with Crippen molar-refractivity contribution in [2.24, 2.45) is 0 Å². The summed E-state index contributed by atoms with van der Waals surface area (Å²) in [6, 6.07) is 0. The van der Waals surface area contributed by atoms with Crippen LogP contribution >= 0.6 is 0 Å². The van der Waals surface area contributed by atoms with Crippen LogP contribution in [-0.2, 0) is 9.59 Å². The molecule has 2 N–H and O–H groups in total. The Kier molecular flexibility index (Phi) is 0.736. The molecule has 1 saturated heterocycles. The van der Waals surface area contributed by atoms with Crippen LogP contribution < -0.4 is 11.0 Å². The van der Waals surface area contributed by atoms with Gasteiger partial charge in [0.15, 0.2) is 0 Å². The molecule has 2 amide bonds. The molecular weight excluding hydrogens is 114 g/mol. The lowest BCUT2D eigenvalue weighted by atomic mass is 10.6. The summed E-state index contributed by atoms with van der Waals surface area (Å²) in [6.07, 6.45) is 0. The molecule has 1 heterocycles. The normalized spacial score (nSPS) is 18.2. The minimum atomic E-state index is -1.12. The Morgan fingerprint density at radius 3 is 2.12 bits per heavy atom. The Bertz CT molecular complexity index is 155. The third kappa shape index (κ3) is 0.427. The lowest BCUT2D eigenvalue weighted by Crippen LogP contribution is -2.28. The van der Waals surface area contributed by atoms with Gasteiger partial charge in [-0.15, -0.1) is 0 Å². The Hall–Kier alpha value is -1.46. The van der Waals surface area contributed by atoms with Crippen LogP contribution in [0.4, 0.5) is 0 Å². The lowest BCUT2D eigenvalue weighted by Gasteiger charge is -1.71. The van der Waals surface area contributed by atoms with Gasteiger partial charge in [0.05, 0.1) is 4.91 Å². The molecule has 0 aromatic rings. The number of carbonyl (C=O) groups excluding carboxylic acids is 2. The molecule has 0 aromatic heterocycles. The Morgan fingerprint density at radius 1 is 1.38 bits per heavy atom. The molecule has 0 radical (unpaired) electrons. The van der Waals surface area contributed by atoms with Crippen LogP contribution in [-0.4, -0.2) is 16.7 Å². The van der Waals surface area contributed by atoms with Crippen LogP contribution in [0.15, 0.2) is 0 Å². The van der Waals surface area contributed by atoms with Crippen LogP contribution in [0.2, 0.25) is 0 Å². The van der Waals surface area contributed by atoms with E-state index in [0.29, 0.717) is 0 Å². The van der Waals surface area contributed by atoms with Crippen molar-refractivity contribution in [3.63, 3.8) is 0 Å². The van der Waals surface area contributed by atoms with Crippen molar-refractivity contribution in [1.82, 2.24) is 11.0 Å². The summed E-state index contributed by atoms with van der Waals surface area (Å²) in [4.78, 5) is 29.8. The molecule has 0 atom stereocenters. The highest BCUT2D eigenvalue weighted by atomic mass is 16.4. The summed E-state index contributed by atoms with van der Waals surface area (Å²) in [5, 5.41) is 0. The summed E-state index contributed by atoms with van der Waals surface area (Å²) >= 11 is 0. The van der Waals surface area contributed by atoms with Gasteiger partial charge < -0.3 is 0 Å². The number of hydrazine groups is 2. The number of hydrogen-bond acceptors (Lipinski definition) is 3. The average Bonchev–Trinajstić information content (AvgIpc) is 1.98. The second kappa shape index (κ2) is 1.25. The molecule has 0 saturated carbocycles. The summed E-state index contributed by atoms with van der Waals surface area (Å²) in [5.74, 6) is -2.05. The van der Waals surface area contributed by atoms with Crippen LogP contribution in [0.3, 0.4) is 0 Å². The van der Waals surface area contributed by atoms with E-state index < -0.39 is 11.8 Å². The van der Waals surface area contributed by atoms with Gasteiger partial charge in [0.1, 0.15) is 0 Å². The highest BCUT2D eigenvalue weighted by Crippen LogP contribution is 1.77. The van der Waals surface area contributed by atoms with E-state index in [-0.39, 0.29) is 4.87 Å². The maximum Gasteiger partial charge on any atom is 0.558 e. The molecule has 8 heavy (non-hydrogen) atoms. The minimum absolute atomic E-state index is 0.178. The first-order chi connectivity index (χ1) is 3.72. The van der Waals surface area contributed by atoms with Crippen LogP contribution in [0, 0.1) is 4.91 Å². The van der Waals surface area contributed by atoms with Gasteiger partial charge in [0.25, 0.3) is 0 Å². The summed E-state index contributed by atoms with van der Waals surface area (Å²) in [7, 11) is 0. The molecule has 0 aliphatic carbocycles. The predicted molar refractivity (Wildman–Crippen MR) is 19.9 cm³/mol. The number of carbonyl (C=O) groups is 2. The SMILES string of the molecule is O=C1NN[N+](=O)C1=O. The van der Waals surface area contributed by atoms with Crippen molar-refractivity contribution in [2.45, 2.75) is 0 Å². The van der Waals surface area contributed by atoms with E-state index in [9.17, 15) is 14.5 Å². The van der Waals surface area contributed by atoms with Crippen molar-refractivity contribution >= 4 is 11.8 Å². The summed E-state index contributed by atoms with van der Waals surface area (Å²) < 4.78 is 0. The Morgan fingerprint density at radius 2 is 2.00 bits per heavy atom. The zero-order chi connectivity index (χ0) is 6.15. The maximum atomic E-state index is 10.0. The van der Waals surface area contributed by atoms with E-state index in [2.05, 4.69) is 0 Å². The molecule has 0 unspecified atom stereocenters. The van der Waals surface area contributed by atoms with E-state index in [1.807, 2.05) is 0 Å². The van der Waals surface area contributed by atoms with Crippen molar-refractivity contribution in [1.29, 1.82) is 0 Å². The average molecular weight is 116 g/mol. The van der Waals surface area contributed by atoms with Gasteiger partial charge in [0, 0.05) is 0 Å². The molecule has 0 bridgehead atoms. The van der Waals surface area contributed by atoms with Crippen molar-refractivity contribution < 1.29 is 14.5 Å². The minimum Gasteiger partial charge on any atom is -0.256 e. The molecular formula is C2H2N3O3+. The molecule has 1 aliphatic heterocycles. The van der Waals surface area contributed by atoms with Gasteiger partial charge in [-0.2, -0.15) is 0 Å². The first-order valence-corrected chi connectivity index (χ1v) is 1.79. The molecule has 0 aromatic carbocycles. The predicted octanol–water partition coefficient (Wildman–Crippen LogP) is -2.16. The van der Waals surface area contributed by atoms with Gasteiger partial charge in [-0.1, -0.05) is 0 Å². The van der Waals surface area contributed by atoms with Gasteiger partial charge in [-0.05, 0) is 5.53 Å². The fraction of sp³-hybridized carbons (Fsp3) is 0. The van der Waals surface area contributed by atoms with Crippen LogP contribution in [0.5, 0.6) is 0 Å². The summed E-state index contributed by atoms with van der Waals surface area (Å²) in [5.41, 5.74) is 3.54. The molecule has 1 aliphatic rings. The first kappa shape index (κ1) is 4.69. The third-order valence-corrected chi connectivity index (χ3v) is 0.650. The number of hydrogen-bond donors (Lipinski definition) is 2. The second-order valence-electron chi connectivity index (χ2n) is 1.17. The first-order valence-electron chi connectivity index (χ1n) is 1.79. The van der Waals surface area contributed by atoms with E-state index in [0.717, 1.165) is 0 Å². The largest absolute Gasteiger partial charge is 0.558 e. The number of nitrogens with zero attached hydrogens (tertiary/aromatic N) is 1. The number of amides is 2. The molecule has 1 fully saturated rings. The number of rotatable bonds is 0. The highest BCUT2D eigenvalue weighted by Gasteiger charge is 2.39. The van der Waals surface area contributed by atoms with Gasteiger partial charge in [-0.25, -0.2) is 10.2 Å². The van der Waals surface area contributed by atoms with Gasteiger partial charge in [-0.3, -0.25) is 4.79 Å². The Balaban J connectivity index is 2.86. The quantitative estimate of drug-likeness (QED) is 0.279. The molecule has 1 rings (SSSR count). The molecule has 42 valence electrons. The number of nitrogens with one attached hydrogen (secondary N) is 2. The van der Waals surface area contributed by atoms with Crippen LogP contribution in [0.25, 0.3) is 0 Å². The topological polar surface area (TPSA) is 78.3 Å². The maximum absolute atomic E-state index is 10.0. The van der Waals surface area contributed by atoms with Gasteiger partial charge >= 0.3 is 11.8 Å². The fourth-order valence-electron chi connectivity index (χ4n) is 0.298. The summed E-state index contributed by atoms with van der Waals surface area (Å²) in [6.45, 7) is 0. The zero-order valence-electron chi connectivity index (χ0n) is 3.67.